The van der Waals surface area contributed by atoms with Crippen molar-refractivity contribution in [3.8, 4) is 17.2 Å². The highest BCUT2D eigenvalue weighted by Gasteiger charge is 2.19. The predicted molar refractivity (Wildman–Crippen MR) is 140 cm³/mol. The summed E-state index contributed by atoms with van der Waals surface area (Å²) >= 11 is 6.25. The van der Waals surface area contributed by atoms with E-state index < -0.39 is 6.03 Å². The number of H-pyrrole nitrogens is 1. The van der Waals surface area contributed by atoms with Crippen LogP contribution in [0.1, 0.15) is 11.1 Å². The summed E-state index contributed by atoms with van der Waals surface area (Å²) in [4.78, 5) is 30.7. The Kier molecular flexibility index (Phi) is 7.65. The average molecular weight is 508 g/mol. The standard InChI is InChI=1S/C27H26ClN3O5/c1-34-20-10-8-17(9-11-20)15-31(27(33)30-22-7-5-4-6-21(22)28)16-19-12-18-13-24(35-2)25(36-3)14-23(18)29-26(19)32/h4-14H,15-16H2,1-3H3,(H,29,32)(H,30,33). The van der Waals surface area contributed by atoms with Gasteiger partial charge >= 0.3 is 6.03 Å². The Hall–Kier alpha value is -4.17. The maximum atomic E-state index is 13.3. The number of amides is 2. The molecule has 36 heavy (non-hydrogen) atoms. The van der Waals surface area contributed by atoms with Crippen molar-refractivity contribution in [1.82, 2.24) is 9.88 Å². The second-order valence-electron chi connectivity index (χ2n) is 8.03. The van der Waals surface area contributed by atoms with Crippen molar-refractivity contribution < 1.29 is 19.0 Å². The second kappa shape index (κ2) is 11.0. The fourth-order valence-electron chi connectivity index (χ4n) is 3.81. The fraction of sp³-hybridized carbons (Fsp3) is 0.185. The number of carbonyl (C=O) groups excluding carboxylic acids is 1. The minimum Gasteiger partial charge on any atom is -0.497 e. The molecule has 0 atom stereocenters. The number of halogens is 1. The Balaban J connectivity index is 1.68. The first-order valence-electron chi connectivity index (χ1n) is 11.1. The number of ether oxygens (including phenoxy) is 3. The Morgan fingerprint density at radius 1 is 0.917 bits per heavy atom. The Bertz CT molecular complexity index is 1440. The zero-order valence-electron chi connectivity index (χ0n) is 20.1. The van der Waals surface area contributed by atoms with Gasteiger partial charge in [0.05, 0.1) is 44.1 Å². The largest absolute Gasteiger partial charge is 0.497 e. The van der Waals surface area contributed by atoms with E-state index in [1.807, 2.05) is 24.3 Å². The lowest BCUT2D eigenvalue weighted by molar-refractivity contribution is 0.206. The van der Waals surface area contributed by atoms with Crippen molar-refractivity contribution in [2.24, 2.45) is 0 Å². The molecule has 0 spiro atoms. The van der Waals surface area contributed by atoms with Crippen LogP contribution in [0.25, 0.3) is 10.9 Å². The molecule has 0 fully saturated rings. The summed E-state index contributed by atoms with van der Waals surface area (Å²) in [6, 6.07) is 19.2. The third-order valence-corrected chi connectivity index (χ3v) is 6.05. The molecular weight excluding hydrogens is 482 g/mol. The first kappa shape index (κ1) is 24.9. The minimum atomic E-state index is -0.397. The van der Waals surface area contributed by atoms with Crippen LogP contribution in [-0.2, 0) is 13.1 Å². The van der Waals surface area contributed by atoms with Crippen LogP contribution in [0.2, 0.25) is 5.02 Å². The second-order valence-corrected chi connectivity index (χ2v) is 8.44. The van der Waals surface area contributed by atoms with Gasteiger partial charge in [-0.3, -0.25) is 4.79 Å². The summed E-state index contributed by atoms with van der Waals surface area (Å²) in [5.74, 6) is 1.75. The number of carbonyl (C=O) groups is 1. The van der Waals surface area contributed by atoms with Gasteiger partial charge in [0.2, 0.25) is 0 Å². The van der Waals surface area contributed by atoms with Crippen LogP contribution in [0.5, 0.6) is 17.2 Å². The maximum Gasteiger partial charge on any atom is 0.322 e. The molecule has 0 unspecified atom stereocenters. The SMILES string of the molecule is COc1ccc(CN(Cc2cc3cc(OC)c(OC)cc3[nH]c2=O)C(=O)Nc2ccccc2Cl)cc1. The summed E-state index contributed by atoms with van der Waals surface area (Å²) in [5.41, 5.74) is 2.06. The van der Waals surface area contributed by atoms with Crippen molar-refractivity contribution in [2.75, 3.05) is 26.6 Å². The molecule has 186 valence electrons. The highest BCUT2D eigenvalue weighted by atomic mass is 35.5. The number of urea groups is 1. The van der Waals surface area contributed by atoms with Crippen LogP contribution in [0.3, 0.4) is 0 Å². The lowest BCUT2D eigenvalue weighted by atomic mass is 10.1. The van der Waals surface area contributed by atoms with E-state index in [-0.39, 0.29) is 18.6 Å². The number of nitrogens with one attached hydrogen (secondary N) is 2. The smallest absolute Gasteiger partial charge is 0.322 e. The number of aromatic amines is 1. The first-order valence-corrected chi connectivity index (χ1v) is 11.5. The summed E-state index contributed by atoms with van der Waals surface area (Å²) in [5, 5.41) is 4.01. The molecule has 1 aromatic heterocycles. The summed E-state index contributed by atoms with van der Waals surface area (Å²) in [6.45, 7) is 0.311. The molecule has 0 aliphatic rings. The van der Waals surface area contributed by atoms with Crippen molar-refractivity contribution in [1.29, 1.82) is 0 Å². The molecular formula is C27H26ClN3O5. The van der Waals surface area contributed by atoms with Crippen LogP contribution >= 0.6 is 11.6 Å². The van der Waals surface area contributed by atoms with E-state index in [0.717, 1.165) is 10.9 Å². The van der Waals surface area contributed by atoms with Gasteiger partial charge in [-0.25, -0.2) is 4.79 Å². The molecule has 4 aromatic rings. The third-order valence-electron chi connectivity index (χ3n) is 5.72. The Morgan fingerprint density at radius 3 is 2.28 bits per heavy atom. The molecule has 2 N–H and O–H groups in total. The lowest BCUT2D eigenvalue weighted by Crippen LogP contribution is -2.35. The quantitative estimate of drug-likeness (QED) is 0.331. The van der Waals surface area contributed by atoms with Gasteiger partial charge in [-0.2, -0.15) is 0 Å². The van der Waals surface area contributed by atoms with Gasteiger partial charge in [-0.15, -0.1) is 0 Å². The molecule has 0 bridgehead atoms. The van der Waals surface area contributed by atoms with E-state index in [1.165, 1.54) is 7.11 Å². The molecule has 4 rings (SSSR count). The Morgan fingerprint density at radius 2 is 1.61 bits per heavy atom. The third kappa shape index (κ3) is 5.55. The van der Waals surface area contributed by atoms with E-state index in [0.29, 0.717) is 39.0 Å². The number of rotatable bonds is 8. The van der Waals surface area contributed by atoms with Gasteiger partial charge in [0.15, 0.2) is 11.5 Å². The monoisotopic (exact) mass is 507 g/mol. The zero-order valence-corrected chi connectivity index (χ0v) is 20.9. The van der Waals surface area contributed by atoms with Crippen molar-refractivity contribution >= 4 is 34.2 Å². The molecule has 1 heterocycles. The number of hydrogen-bond acceptors (Lipinski definition) is 5. The normalized spacial score (nSPS) is 10.7. The van der Waals surface area contributed by atoms with E-state index in [4.69, 9.17) is 25.8 Å². The molecule has 3 aromatic carbocycles. The van der Waals surface area contributed by atoms with Crippen molar-refractivity contribution in [3.63, 3.8) is 0 Å². The Labute approximate surface area is 213 Å². The summed E-state index contributed by atoms with van der Waals surface area (Å²) < 4.78 is 16.0. The van der Waals surface area contributed by atoms with Gasteiger partial charge in [-0.1, -0.05) is 35.9 Å². The number of fused-ring (bicyclic) bond motifs is 1. The van der Waals surface area contributed by atoms with Crippen LogP contribution in [-0.4, -0.2) is 37.2 Å². The molecule has 8 nitrogen and oxygen atoms in total. The molecule has 9 heteroatoms. The average Bonchev–Trinajstić information content (AvgIpc) is 2.89. The number of aromatic nitrogens is 1. The van der Waals surface area contributed by atoms with E-state index in [1.54, 1.807) is 61.6 Å². The number of pyridine rings is 1. The fourth-order valence-corrected chi connectivity index (χ4v) is 3.99. The molecule has 0 saturated carbocycles. The van der Waals surface area contributed by atoms with E-state index in [9.17, 15) is 9.59 Å². The highest BCUT2D eigenvalue weighted by molar-refractivity contribution is 6.33. The number of anilines is 1. The van der Waals surface area contributed by atoms with Gasteiger partial charge in [0.25, 0.3) is 5.56 Å². The van der Waals surface area contributed by atoms with Crippen LogP contribution in [0.15, 0.2) is 71.5 Å². The van der Waals surface area contributed by atoms with E-state index in [2.05, 4.69) is 10.3 Å². The number of nitrogens with zero attached hydrogens (tertiary/aromatic N) is 1. The van der Waals surface area contributed by atoms with Crippen LogP contribution < -0.4 is 25.1 Å². The maximum absolute atomic E-state index is 13.3. The molecule has 0 saturated heterocycles. The van der Waals surface area contributed by atoms with Gasteiger partial charge < -0.3 is 29.4 Å². The van der Waals surface area contributed by atoms with Crippen LogP contribution in [0, 0.1) is 0 Å². The number of benzene rings is 3. The van der Waals surface area contributed by atoms with Gasteiger partial charge in [-0.05, 0) is 42.0 Å². The highest BCUT2D eigenvalue weighted by Crippen LogP contribution is 2.31. The number of para-hydroxylation sites is 1. The summed E-state index contributed by atoms with van der Waals surface area (Å²) in [6.07, 6.45) is 0. The van der Waals surface area contributed by atoms with Crippen molar-refractivity contribution in [3.05, 3.63) is 93.2 Å². The van der Waals surface area contributed by atoms with E-state index >= 15 is 0 Å². The topological polar surface area (TPSA) is 92.9 Å². The predicted octanol–water partition coefficient (Wildman–Crippen LogP) is 5.44. The molecule has 2 amide bonds. The van der Waals surface area contributed by atoms with Crippen LogP contribution in [0.4, 0.5) is 10.5 Å². The molecule has 0 radical (unpaired) electrons. The molecule has 0 aliphatic carbocycles. The number of methoxy groups -OCH3 is 3. The zero-order chi connectivity index (χ0) is 25.7. The first-order chi connectivity index (χ1) is 17.4. The lowest BCUT2D eigenvalue weighted by Gasteiger charge is -2.24. The van der Waals surface area contributed by atoms with Gasteiger partial charge in [0, 0.05) is 23.6 Å². The number of hydrogen-bond donors (Lipinski definition) is 2. The van der Waals surface area contributed by atoms with Crippen molar-refractivity contribution in [2.45, 2.75) is 13.1 Å². The van der Waals surface area contributed by atoms with Gasteiger partial charge in [0.1, 0.15) is 5.75 Å². The summed E-state index contributed by atoms with van der Waals surface area (Å²) in [7, 11) is 4.67. The minimum absolute atomic E-state index is 0.0575. The molecule has 0 aliphatic heterocycles.